The molecule has 0 aliphatic carbocycles. The predicted molar refractivity (Wildman–Crippen MR) is 134 cm³/mol. The van der Waals surface area contributed by atoms with Gasteiger partial charge in [0.1, 0.15) is 17.5 Å². The highest BCUT2D eigenvalue weighted by Gasteiger charge is 2.21. The molecule has 0 spiro atoms. The summed E-state index contributed by atoms with van der Waals surface area (Å²) in [7, 11) is 0. The molecule has 0 unspecified atom stereocenters. The van der Waals surface area contributed by atoms with E-state index in [1.807, 2.05) is 6.92 Å². The Morgan fingerprint density at radius 1 is 1.06 bits per heavy atom. The van der Waals surface area contributed by atoms with Crippen LogP contribution in [-0.4, -0.2) is 15.0 Å². The molecule has 0 bridgehead atoms. The fourth-order valence-corrected chi connectivity index (χ4v) is 3.77. The SMILES string of the molecule is C=C/C=C(/c1ccc(F)cc1)c1nc(C(=C)c2c(N)ccc(-c3cncc(N)c3)c2F)[nH]c1C. The number of nitrogens with one attached hydrogen (secondary N) is 1. The first-order valence-electron chi connectivity index (χ1n) is 10.4. The average molecular weight is 456 g/mol. The smallest absolute Gasteiger partial charge is 0.141 e. The van der Waals surface area contributed by atoms with Crippen molar-refractivity contribution < 1.29 is 8.78 Å². The molecule has 2 aromatic carbocycles. The van der Waals surface area contributed by atoms with E-state index in [0.29, 0.717) is 33.9 Å². The number of nitrogens with two attached hydrogens (primary N) is 2. The quantitative estimate of drug-likeness (QED) is 0.249. The predicted octanol–water partition coefficient (Wildman–Crippen LogP) is 5.90. The maximum atomic E-state index is 15.7. The molecule has 0 saturated carbocycles. The average Bonchev–Trinajstić information content (AvgIpc) is 3.19. The Labute approximate surface area is 196 Å². The number of halogens is 2. The van der Waals surface area contributed by atoms with Gasteiger partial charge in [0, 0.05) is 51.6 Å². The van der Waals surface area contributed by atoms with Crippen LogP contribution in [0.2, 0.25) is 0 Å². The number of imidazole rings is 1. The normalized spacial score (nSPS) is 11.4. The first-order valence-corrected chi connectivity index (χ1v) is 10.4. The van der Waals surface area contributed by atoms with Gasteiger partial charge in [0.2, 0.25) is 0 Å². The largest absolute Gasteiger partial charge is 0.398 e. The lowest BCUT2D eigenvalue weighted by atomic mass is 9.97. The first-order chi connectivity index (χ1) is 16.3. The van der Waals surface area contributed by atoms with E-state index in [2.05, 4.69) is 28.1 Å². The second-order valence-electron chi connectivity index (χ2n) is 7.76. The molecule has 0 aliphatic heterocycles. The van der Waals surface area contributed by atoms with Gasteiger partial charge in [-0.3, -0.25) is 4.98 Å². The van der Waals surface area contributed by atoms with Gasteiger partial charge in [-0.15, -0.1) is 0 Å². The number of H-pyrrole nitrogens is 1. The van der Waals surface area contributed by atoms with Crippen LogP contribution in [-0.2, 0) is 0 Å². The lowest BCUT2D eigenvalue weighted by Gasteiger charge is -2.13. The van der Waals surface area contributed by atoms with Crippen LogP contribution in [0.1, 0.15) is 28.3 Å². The van der Waals surface area contributed by atoms with E-state index in [-0.39, 0.29) is 17.1 Å². The summed E-state index contributed by atoms with van der Waals surface area (Å²) in [4.78, 5) is 11.9. The molecule has 4 aromatic rings. The minimum absolute atomic E-state index is 0.135. The van der Waals surface area contributed by atoms with E-state index in [1.54, 1.807) is 42.5 Å². The Kier molecular flexibility index (Phi) is 6.10. The van der Waals surface area contributed by atoms with Crippen molar-refractivity contribution in [2.45, 2.75) is 6.92 Å². The highest BCUT2D eigenvalue weighted by Crippen LogP contribution is 2.35. The molecule has 2 heterocycles. The second-order valence-corrected chi connectivity index (χ2v) is 7.76. The summed E-state index contributed by atoms with van der Waals surface area (Å²) in [6, 6.07) is 10.9. The zero-order valence-corrected chi connectivity index (χ0v) is 18.6. The van der Waals surface area contributed by atoms with Gasteiger partial charge in [-0.25, -0.2) is 13.8 Å². The summed E-state index contributed by atoms with van der Waals surface area (Å²) in [5, 5.41) is 0. The third kappa shape index (κ3) is 4.23. The Morgan fingerprint density at radius 3 is 2.47 bits per heavy atom. The molecular formula is C27H23F2N5. The fraction of sp³-hybridized carbons (Fsp3) is 0.0370. The molecule has 2 aromatic heterocycles. The summed E-state index contributed by atoms with van der Waals surface area (Å²) in [5.41, 5.74) is 16.7. The maximum absolute atomic E-state index is 15.7. The monoisotopic (exact) mass is 455 g/mol. The Morgan fingerprint density at radius 2 is 1.79 bits per heavy atom. The van der Waals surface area contributed by atoms with E-state index < -0.39 is 5.82 Å². The number of hydrogen-bond acceptors (Lipinski definition) is 4. The highest BCUT2D eigenvalue weighted by molar-refractivity contribution is 5.87. The van der Waals surface area contributed by atoms with E-state index in [0.717, 1.165) is 16.8 Å². The van der Waals surface area contributed by atoms with Crippen LogP contribution in [0.25, 0.3) is 22.3 Å². The van der Waals surface area contributed by atoms with Crippen LogP contribution in [0.5, 0.6) is 0 Å². The molecule has 5 N–H and O–H groups in total. The number of anilines is 2. The standard InChI is InChI=1S/C27H23F2N5/c1-4-5-22(17-6-8-19(28)9-7-17)26-16(3)33-27(34-26)15(2)24-23(31)11-10-21(25(24)29)18-12-20(30)14-32-13-18/h4-14H,1-2,30-31H2,3H3,(H,33,34)/b22-5-. The van der Waals surface area contributed by atoms with Crippen LogP contribution >= 0.6 is 0 Å². The number of nitrogens with zero attached hydrogens (tertiary/aromatic N) is 2. The Hall–Kier alpha value is -4.52. The summed E-state index contributed by atoms with van der Waals surface area (Å²) in [6.45, 7) is 9.68. The molecule has 34 heavy (non-hydrogen) atoms. The van der Waals surface area contributed by atoms with Crippen molar-refractivity contribution in [1.29, 1.82) is 0 Å². The topological polar surface area (TPSA) is 93.6 Å². The number of nitrogen functional groups attached to an aromatic ring is 2. The maximum Gasteiger partial charge on any atom is 0.141 e. The molecule has 0 radical (unpaired) electrons. The van der Waals surface area contributed by atoms with Crippen molar-refractivity contribution in [2.75, 3.05) is 11.5 Å². The third-order valence-corrected chi connectivity index (χ3v) is 5.41. The lowest BCUT2D eigenvalue weighted by molar-refractivity contribution is 0.627. The first kappa shape index (κ1) is 22.7. The van der Waals surface area contributed by atoms with Crippen molar-refractivity contribution in [3.63, 3.8) is 0 Å². The van der Waals surface area contributed by atoms with Gasteiger partial charge in [0.25, 0.3) is 0 Å². The van der Waals surface area contributed by atoms with Gasteiger partial charge >= 0.3 is 0 Å². The van der Waals surface area contributed by atoms with Crippen LogP contribution < -0.4 is 11.5 Å². The number of hydrogen-bond donors (Lipinski definition) is 3. The van der Waals surface area contributed by atoms with Crippen LogP contribution in [0.3, 0.4) is 0 Å². The van der Waals surface area contributed by atoms with Gasteiger partial charge in [0.15, 0.2) is 0 Å². The second kappa shape index (κ2) is 9.15. The summed E-state index contributed by atoms with van der Waals surface area (Å²) in [6.07, 6.45) is 6.43. The molecule has 7 heteroatoms. The minimum atomic E-state index is -0.548. The van der Waals surface area contributed by atoms with Gasteiger partial charge in [0.05, 0.1) is 11.4 Å². The fourth-order valence-electron chi connectivity index (χ4n) is 3.77. The molecule has 0 amide bonds. The highest BCUT2D eigenvalue weighted by atomic mass is 19.1. The minimum Gasteiger partial charge on any atom is -0.398 e. The number of aromatic nitrogens is 3. The Bertz CT molecular complexity index is 1430. The van der Waals surface area contributed by atoms with Crippen molar-refractivity contribution in [2.24, 2.45) is 0 Å². The lowest BCUT2D eigenvalue weighted by Crippen LogP contribution is -2.02. The summed E-state index contributed by atoms with van der Waals surface area (Å²) >= 11 is 0. The molecule has 0 atom stereocenters. The van der Waals surface area contributed by atoms with Crippen molar-refractivity contribution in [3.05, 3.63) is 120 Å². The van der Waals surface area contributed by atoms with Gasteiger partial charge in [-0.2, -0.15) is 0 Å². The molecule has 170 valence electrons. The molecule has 4 rings (SSSR count). The number of allylic oxidation sites excluding steroid dienone is 2. The summed E-state index contributed by atoms with van der Waals surface area (Å²) in [5.74, 6) is -0.526. The molecule has 5 nitrogen and oxygen atoms in total. The Balaban J connectivity index is 1.79. The zero-order chi connectivity index (χ0) is 24.4. The van der Waals surface area contributed by atoms with E-state index >= 15 is 4.39 Å². The summed E-state index contributed by atoms with van der Waals surface area (Å²) < 4.78 is 29.1. The number of pyridine rings is 1. The molecule has 0 aliphatic rings. The van der Waals surface area contributed by atoms with Gasteiger partial charge < -0.3 is 16.5 Å². The van der Waals surface area contributed by atoms with Gasteiger partial charge in [-0.05, 0) is 42.8 Å². The third-order valence-electron chi connectivity index (χ3n) is 5.41. The molecular weight excluding hydrogens is 432 g/mol. The van der Waals surface area contributed by atoms with Crippen LogP contribution in [0, 0.1) is 18.6 Å². The van der Waals surface area contributed by atoms with E-state index in [1.165, 1.54) is 24.5 Å². The van der Waals surface area contributed by atoms with Crippen LogP contribution in [0.15, 0.2) is 80.2 Å². The molecule has 0 fully saturated rings. The zero-order valence-electron chi connectivity index (χ0n) is 18.6. The van der Waals surface area contributed by atoms with Gasteiger partial charge in [-0.1, -0.05) is 37.4 Å². The number of rotatable bonds is 6. The number of benzene rings is 2. The van der Waals surface area contributed by atoms with Crippen molar-refractivity contribution in [3.8, 4) is 11.1 Å². The van der Waals surface area contributed by atoms with E-state index in [4.69, 9.17) is 11.5 Å². The number of aromatic amines is 1. The van der Waals surface area contributed by atoms with E-state index in [9.17, 15) is 4.39 Å². The van der Waals surface area contributed by atoms with Crippen molar-refractivity contribution in [1.82, 2.24) is 15.0 Å². The number of aryl methyl sites for hydroxylation is 1. The van der Waals surface area contributed by atoms with Crippen molar-refractivity contribution >= 4 is 22.5 Å². The molecule has 0 saturated heterocycles. The van der Waals surface area contributed by atoms with Crippen LogP contribution in [0.4, 0.5) is 20.2 Å².